The fourth-order valence-corrected chi connectivity index (χ4v) is 0.166. The van der Waals surface area contributed by atoms with E-state index in [1.807, 2.05) is 0 Å². The van der Waals surface area contributed by atoms with Crippen LogP contribution in [-0.4, -0.2) is 18.0 Å². The molecule has 0 aliphatic heterocycles. The summed E-state index contributed by atoms with van der Waals surface area (Å²) in [4.78, 5) is 7.90. The lowest BCUT2D eigenvalue weighted by molar-refractivity contribution is -0.282. The van der Waals surface area contributed by atoms with E-state index < -0.39 is 0 Å². The first kappa shape index (κ1) is 11.0. The molecular formula is C3H10ClNO3. The van der Waals surface area contributed by atoms with Crippen molar-refractivity contribution in [2.24, 2.45) is 5.90 Å². The number of halogens is 1. The van der Waals surface area contributed by atoms with Crippen molar-refractivity contribution in [1.29, 1.82) is 0 Å². The maximum atomic E-state index is 7.83. The molecule has 3 N–H and O–H groups in total. The van der Waals surface area contributed by atoms with Crippen LogP contribution in [0.4, 0.5) is 0 Å². The normalized spacial score (nSPS) is 12.4. The molecule has 0 radical (unpaired) electrons. The molecule has 8 heavy (non-hydrogen) atoms. The summed E-state index contributed by atoms with van der Waals surface area (Å²) < 4.78 is 0. The van der Waals surface area contributed by atoms with Crippen molar-refractivity contribution < 1.29 is 15.0 Å². The summed E-state index contributed by atoms with van der Waals surface area (Å²) in [6, 6.07) is 0. The van der Waals surface area contributed by atoms with Crippen LogP contribution in [0.1, 0.15) is 6.92 Å². The lowest BCUT2D eigenvalue weighted by Crippen LogP contribution is -2.16. The van der Waals surface area contributed by atoms with Gasteiger partial charge in [-0.3, -0.25) is 5.26 Å². The predicted molar refractivity (Wildman–Crippen MR) is 30.6 cm³/mol. The Hall–Kier alpha value is 0.130. The van der Waals surface area contributed by atoms with Crippen LogP contribution in [0.2, 0.25) is 0 Å². The van der Waals surface area contributed by atoms with Gasteiger partial charge >= 0.3 is 0 Å². The van der Waals surface area contributed by atoms with E-state index >= 15 is 0 Å². The van der Waals surface area contributed by atoms with E-state index in [9.17, 15) is 0 Å². The molecule has 0 saturated heterocycles. The molecule has 1 atom stereocenters. The number of rotatable bonds is 3. The van der Waals surface area contributed by atoms with Gasteiger partial charge in [0.1, 0.15) is 6.10 Å². The highest BCUT2D eigenvalue weighted by molar-refractivity contribution is 5.85. The minimum absolute atomic E-state index is 0. The Morgan fingerprint density at radius 2 is 2.25 bits per heavy atom. The van der Waals surface area contributed by atoms with Crippen LogP contribution < -0.4 is 5.90 Å². The second kappa shape index (κ2) is 7.13. The van der Waals surface area contributed by atoms with Crippen LogP contribution in [0.25, 0.3) is 0 Å². The van der Waals surface area contributed by atoms with Gasteiger partial charge in [-0.2, -0.15) is 0 Å². The Morgan fingerprint density at radius 3 is 2.38 bits per heavy atom. The summed E-state index contributed by atoms with van der Waals surface area (Å²) in [6.07, 6.45) is -0.343. The second-order valence-electron chi connectivity index (χ2n) is 1.25. The minimum atomic E-state index is -0.343. The number of hydrogen-bond donors (Lipinski definition) is 2. The Labute approximate surface area is 53.9 Å². The maximum Gasteiger partial charge on any atom is 0.115 e. The average Bonchev–Trinajstić information content (AvgIpc) is 1.68. The van der Waals surface area contributed by atoms with E-state index in [2.05, 4.69) is 15.6 Å². The minimum Gasteiger partial charge on any atom is -0.302 e. The Kier molecular flexibility index (Phi) is 9.80. The maximum absolute atomic E-state index is 7.83. The van der Waals surface area contributed by atoms with Crippen LogP contribution >= 0.6 is 12.4 Å². The van der Waals surface area contributed by atoms with Crippen molar-refractivity contribution in [1.82, 2.24) is 0 Å². The smallest absolute Gasteiger partial charge is 0.115 e. The molecule has 0 aliphatic carbocycles. The van der Waals surface area contributed by atoms with Gasteiger partial charge in [0.25, 0.3) is 0 Å². The largest absolute Gasteiger partial charge is 0.302 e. The van der Waals surface area contributed by atoms with E-state index in [-0.39, 0.29) is 25.1 Å². The molecule has 0 aromatic carbocycles. The van der Waals surface area contributed by atoms with Crippen LogP contribution in [0.5, 0.6) is 0 Å². The monoisotopic (exact) mass is 143 g/mol. The molecule has 0 rings (SSSR count). The predicted octanol–water partition coefficient (Wildman–Crippen LogP) is 0.177. The van der Waals surface area contributed by atoms with Gasteiger partial charge in [0.05, 0.1) is 6.61 Å². The van der Waals surface area contributed by atoms with Crippen molar-refractivity contribution in [2.75, 3.05) is 6.61 Å². The molecule has 1 unspecified atom stereocenters. The van der Waals surface area contributed by atoms with Gasteiger partial charge < -0.3 is 4.84 Å². The fourth-order valence-electron chi connectivity index (χ4n) is 0.166. The zero-order chi connectivity index (χ0) is 5.70. The highest BCUT2D eigenvalue weighted by Crippen LogP contribution is 1.83. The highest BCUT2D eigenvalue weighted by Gasteiger charge is 1.96. The van der Waals surface area contributed by atoms with Gasteiger partial charge in [0.2, 0.25) is 0 Å². The number of hydrogen-bond acceptors (Lipinski definition) is 4. The van der Waals surface area contributed by atoms with E-state index in [0.29, 0.717) is 0 Å². The molecule has 0 bridgehead atoms. The lowest BCUT2D eigenvalue weighted by Gasteiger charge is -2.01. The van der Waals surface area contributed by atoms with E-state index in [0.717, 1.165) is 0 Å². The van der Waals surface area contributed by atoms with Gasteiger partial charge in [-0.05, 0) is 6.92 Å². The van der Waals surface area contributed by atoms with Crippen molar-refractivity contribution in [3.05, 3.63) is 0 Å². The van der Waals surface area contributed by atoms with Crippen molar-refractivity contribution in [3.63, 3.8) is 0 Å². The summed E-state index contributed by atoms with van der Waals surface area (Å²) >= 11 is 0. The van der Waals surface area contributed by atoms with E-state index in [1.54, 1.807) is 6.92 Å². The van der Waals surface area contributed by atoms with Crippen molar-refractivity contribution >= 4 is 12.4 Å². The summed E-state index contributed by atoms with van der Waals surface area (Å²) in [6.45, 7) is 1.84. The molecule has 0 aromatic heterocycles. The van der Waals surface area contributed by atoms with Crippen LogP contribution in [-0.2, 0) is 9.73 Å². The zero-order valence-corrected chi connectivity index (χ0v) is 5.35. The quantitative estimate of drug-likeness (QED) is 0.437. The molecule has 0 aromatic rings. The zero-order valence-electron chi connectivity index (χ0n) is 4.53. The van der Waals surface area contributed by atoms with Gasteiger partial charge in [0, 0.05) is 0 Å². The van der Waals surface area contributed by atoms with Crippen molar-refractivity contribution in [3.8, 4) is 0 Å². The van der Waals surface area contributed by atoms with E-state index in [1.165, 1.54) is 0 Å². The topological polar surface area (TPSA) is 64.7 Å². The van der Waals surface area contributed by atoms with E-state index in [4.69, 9.17) is 5.26 Å². The van der Waals surface area contributed by atoms with Crippen LogP contribution in [0.15, 0.2) is 0 Å². The summed E-state index contributed by atoms with van der Waals surface area (Å²) in [5.74, 6) is 4.61. The Bertz CT molecular complexity index is 45.5. The molecule has 5 heteroatoms. The van der Waals surface area contributed by atoms with Gasteiger partial charge in [-0.25, -0.2) is 10.8 Å². The average molecular weight is 144 g/mol. The van der Waals surface area contributed by atoms with Crippen molar-refractivity contribution in [2.45, 2.75) is 13.0 Å². The third kappa shape index (κ3) is 6.13. The molecular weight excluding hydrogens is 133 g/mol. The summed E-state index contributed by atoms with van der Waals surface area (Å²) in [7, 11) is 0. The summed E-state index contributed by atoms with van der Waals surface area (Å²) in [5, 5.41) is 7.83. The van der Waals surface area contributed by atoms with Crippen LogP contribution in [0, 0.1) is 0 Å². The molecule has 0 saturated carbocycles. The molecule has 52 valence electrons. The first-order valence-electron chi connectivity index (χ1n) is 1.93. The van der Waals surface area contributed by atoms with Gasteiger partial charge in [0.15, 0.2) is 0 Å². The first-order chi connectivity index (χ1) is 3.31. The third-order valence-electron chi connectivity index (χ3n) is 0.511. The fraction of sp³-hybridized carbons (Fsp3) is 1.00. The van der Waals surface area contributed by atoms with Gasteiger partial charge in [-0.15, -0.1) is 12.4 Å². The number of nitrogens with two attached hydrogens (primary N) is 1. The Morgan fingerprint density at radius 1 is 1.75 bits per heavy atom. The molecule has 0 spiro atoms. The SMILES string of the molecule is CC(CON)OO.Cl. The molecule has 0 aliphatic rings. The first-order valence-corrected chi connectivity index (χ1v) is 1.93. The molecule has 4 nitrogen and oxygen atoms in total. The van der Waals surface area contributed by atoms with Crippen LogP contribution in [0.3, 0.4) is 0 Å². The van der Waals surface area contributed by atoms with Gasteiger partial charge in [-0.1, -0.05) is 0 Å². The molecule has 0 fully saturated rings. The molecule has 0 amide bonds. The lowest BCUT2D eigenvalue weighted by atomic mass is 10.5. The highest BCUT2D eigenvalue weighted by atomic mass is 35.5. The molecule has 0 heterocycles. The third-order valence-corrected chi connectivity index (χ3v) is 0.511. The Balaban J connectivity index is 0. The standard InChI is InChI=1S/C3H9NO3.ClH/c1-3(7-5)2-6-4;/h3,5H,2,4H2,1H3;1H. The second-order valence-corrected chi connectivity index (χ2v) is 1.25. The summed E-state index contributed by atoms with van der Waals surface area (Å²) in [5.41, 5.74) is 0.